The average molecular weight is 705 g/mol. The third-order valence-corrected chi connectivity index (χ3v) is 10.7. The maximum absolute atomic E-state index is 6.51. The van der Waals surface area contributed by atoms with E-state index in [9.17, 15) is 0 Å². The van der Waals surface area contributed by atoms with Gasteiger partial charge in [0.15, 0.2) is 5.58 Å². The Morgan fingerprint density at radius 1 is 0.382 bits per heavy atom. The minimum absolute atomic E-state index is 0.591. The second kappa shape index (κ2) is 12.6. The van der Waals surface area contributed by atoms with E-state index in [1.807, 2.05) is 48.5 Å². The molecule has 0 saturated heterocycles. The number of hydrogen-bond acceptors (Lipinski definition) is 4. The van der Waals surface area contributed by atoms with E-state index in [1.165, 1.54) is 27.1 Å². The lowest BCUT2D eigenvalue weighted by Crippen LogP contribution is -2.11. The normalized spacial score (nSPS) is 11.6. The van der Waals surface area contributed by atoms with E-state index in [0.29, 0.717) is 5.89 Å². The van der Waals surface area contributed by atoms with Gasteiger partial charge in [0.2, 0.25) is 5.89 Å². The molecule has 0 atom stereocenters. The summed E-state index contributed by atoms with van der Waals surface area (Å²) in [6.45, 7) is 0. The summed E-state index contributed by atoms with van der Waals surface area (Å²) in [7, 11) is 0. The van der Waals surface area contributed by atoms with Crippen molar-refractivity contribution in [1.29, 1.82) is 0 Å². The van der Waals surface area contributed by atoms with Crippen molar-refractivity contribution in [2.24, 2.45) is 0 Å². The maximum Gasteiger partial charge on any atom is 0.227 e. The van der Waals surface area contributed by atoms with Crippen LogP contribution in [0.5, 0.6) is 0 Å². The summed E-state index contributed by atoms with van der Waals surface area (Å²) in [5.74, 6) is 0.591. The van der Waals surface area contributed by atoms with Gasteiger partial charge < -0.3 is 13.7 Å². The largest absolute Gasteiger partial charge is 0.456 e. The van der Waals surface area contributed by atoms with Crippen LogP contribution in [0, 0.1) is 0 Å². The standard InChI is InChI=1S/C51H32N2O2/c1-3-14-33(15-4-1)35-19-11-21-38(30-35)53(44-32-37-18-7-8-23-40(37)42-24-9-10-25-43(42)44)39-22-12-20-36(31-39)41-26-13-27-45-48(41)49-46(54-45)28-29-47-50(49)52-51(55-47)34-16-5-2-6-17-34/h1-32H. The van der Waals surface area contributed by atoms with Crippen molar-refractivity contribution in [3.05, 3.63) is 194 Å². The van der Waals surface area contributed by atoms with Crippen molar-refractivity contribution < 1.29 is 8.83 Å². The van der Waals surface area contributed by atoms with Gasteiger partial charge in [-0.2, -0.15) is 0 Å². The number of rotatable bonds is 6. The van der Waals surface area contributed by atoms with Gasteiger partial charge in [-0.3, -0.25) is 0 Å². The van der Waals surface area contributed by atoms with Crippen molar-refractivity contribution >= 4 is 71.6 Å². The van der Waals surface area contributed by atoms with Crippen molar-refractivity contribution in [1.82, 2.24) is 4.98 Å². The molecule has 0 amide bonds. The van der Waals surface area contributed by atoms with E-state index in [-0.39, 0.29) is 0 Å². The molecule has 0 bridgehead atoms. The Balaban J connectivity index is 1.15. The van der Waals surface area contributed by atoms with Crippen LogP contribution in [0.2, 0.25) is 0 Å². The number of anilines is 3. The van der Waals surface area contributed by atoms with Crippen molar-refractivity contribution in [2.45, 2.75) is 0 Å². The van der Waals surface area contributed by atoms with E-state index >= 15 is 0 Å². The molecule has 0 saturated carbocycles. The molecule has 0 N–H and O–H groups in total. The molecule has 11 aromatic rings. The van der Waals surface area contributed by atoms with Crippen LogP contribution in [-0.2, 0) is 0 Å². The Kier molecular flexibility index (Phi) is 7.14. The minimum Gasteiger partial charge on any atom is -0.456 e. The van der Waals surface area contributed by atoms with Crippen LogP contribution < -0.4 is 4.90 Å². The Morgan fingerprint density at radius 2 is 0.982 bits per heavy atom. The van der Waals surface area contributed by atoms with Crippen molar-refractivity contribution in [2.75, 3.05) is 4.90 Å². The van der Waals surface area contributed by atoms with Gasteiger partial charge in [-0.05, 0) is 99.1 Å². The lowest BCUT2D eigenvalue weighted by atomic mass is 9.96. The zero-order chi connectivity index (χ0) is 36.3. The molecule has 0 unspecified atom stereocenters. The number of hydrogen-bond donors (Lipinski definition) is 0. The zero-order valence-electron chi connectivity index (χ0n) is 29.7. The fourth-order valence-electron chi connectivity index (χ4n) is 8.15. The monoisotopic (exact) mass is 704 g/mol. The van der Waals surface area contributed by atoms with Crippen LogP contribution in [-0.4, -0.2) is 4.98 Å². The lowest BCUT2D eigenvalue weighted by Gasteiger charge is -2.28. The van der Waals surface area contributed by atoms with Crippen LogP contribution in [0.25, 0.3) is 88.3 Å². The molecule has 258 valence electrons. The molecule has 9 aromatic carbocycles. The topological polar surface area (TPSA) is 42.4 Å². The molecule has 4 heteroatoms. The summed E-state index contributed by atoms with van der Waals surface area (Å²) in [4.78, 5) is 7.45. The van der Waals surface area contributed by atoms with E-state index in [1.54, 1.807) is 0 Å². The molecule has 0 aliphatic rings. The minimum atomic E-state index is 0.591. The second-order valence-corrected chi connectivity index (χ2v) is 13.9. The quantitative estimate of drug-likeness (QED) is 0.162. The molecule has 0 aliphatic carbocycles. The van der Waals surface area contributed by atoms with Crippen LogP contribution in [0.15, 0.2) is 203 Å². The molecular formula is C51H32N2O2. The molecule has 4 nitrogen and oxygen atoms in total. The summed E-state index contributed by atoms with van der Waals surface area (Å²) in [5, 5.41) is 6.80. The third-order valence-electron chi connectivity index (χ3n) is 10.7. The molecule has 0 radical (unpaired) electrons. The lowest BCUT2D eigenvalue weighted by molar-refractivity contribution is 0.619. The highest BCUT2D eigenvalue weighted by Crippen LogP contribution is 2.45. The summed E-state index contributed by atoms with van der Waals surface area (Å²) in [6, 6.07) is 68.3. The first-order valence-electron chi connectivity index (χ1n) is 18.5. The van der Waals surface area contributed by atoms with Gasteiger partial charge >= 0.3 is 0 Å². The summed E-state index contributed by atoms with van der Waals surface area (Å²) in [5.41, 5.74) is 11.7. The molecule has 11 rings (SSSR count). The molecular weight excluding hydrogens is 673 g/mol. The highest BCUT2D eigenvalue weighted by molar-refractivity contribution is 6.21. The molecule has 0 aliphatic heterocycles. The summed E-state index contributed by atoms with van der Waals surface area (Å²) >= 11 is 0. The van der Waals surface area contributed by atoms with E-state index in [0.717, 1.165) is 72.4 Å². The van der Waals surface area contributed by atoms with Crippen molar-refractivity contribution in [3.63, 3.8) is 0 Å². The Bertz CT molecular complexity index is 3220. The van der Waals surface area contributed by atoms with Gasteiger partial charge in [-0.1, -0.05) is 133 Å². The SMILES string of the molecule is c1ccc(-c2cccc(N(c3cccc(-c4cccc5oc6ccc7oc(-c8ccccc8)nc7c6c45)c3)c3cc4ccccc4c4ccccc34)c2)cc1. The van der Waals surface area contributed by atoms with Crippen LogP contribution in [0.1, 0.15) is 0 Å². The smallest absolute Gasteiger partial charge is 0.227 e. The van der Waals surface area contributed by atoms with Gasteiger partial charge in [0.05, 0.1) is 11.1 Å². The maximum atomic E-state index is 6.51. The Labute approximate surface area is 317 Å². The first-order valence-corrected chi connectivity index (χ1v) is 18.5. The predicted octanol–water partition coefficient (Wildman–Crippen LogP) is 14.5. The van der Waals surface area contributed by atoms with E-state index in [4.69, 9.17) is 13.8 Å². The van der Waals surface area contributed by atoms with E-state index < -0.39 is 0 Å². The molecule has 0 spiro atoms. The fourth-order valence-corrected chi connectivity index (χ4v) is 8.15. The molecule has 2 heterocycles. The second-order valence-electron chi connectivity index (χ2n) is 13.9. The molecule has 2 aromatic heterocycles. The van der Waals surface area contributed by atoms with E-state index in [2.05, 4.69) is 150 Å². The zero-order valence-corrected chi connectivity index (χ0v) is 29.7. The highest BCUT2D eigenvalue weighted by Gasteiger charge is 2.22. The molecule has 55 heavy (non-hydrogen) atoms. The van der Waals surface area contributed by atoms with Crippen LogP contribution >= 0.6 is 0 Å². The van der Waals surface area contributed by atoms with Gasteiger partial charge in [0, 0.05) is 27.7 Å². The number of aromatic nitrogens is 1. The number of fused-ring (bicyclic) bond motifs is 8. The van der Waals surface area contributed by atoms with Gasteiger partial charge in [0.25, 0.3) is 0 Å². The van der Waals surface area contributed by atoms with Crippen LogP contribution in [0.3, 0.4) is 0 Å². The average Bonchev–Trinajstić information content (AvgIpc) is 3.87. The Morgan fingerprint density at radius 3 is 1.78 bits per heavy atom. The van der Waals surface area contributed by atoms with Gasteiger partial charge in [-0.25, -0.2) is 4.98 Å². The number of benzene rings is 9. The third kappa shape index (κ3) is 5.19. The first kappa shape index (κ1) is 31.1. The van der Waals surface area contributed by atoms with Gasteiger partial charge in [0.1, 0.15) is 16.7 Å². The van der Waals surface area contributed by atoms with Crippen molar-refractivity contribution in [3.8, 4) is 33.7 Å². The summed E-state index contributed by atoms with van der Waals surface area (Å²) in [6.07, 6.45) is 0. The van der Waals surface area contributed by atoms with Crippen LogP contribution in [0.4, 0.5) is 17.1 Å². The molecule has 0 fully saturated rings. The summed E-state index contributed by atoms with van der Waals surface area (Å²) < 4.78 is 12.8. The predicted molar refractivity (Wildman–Crippen MR) is 227 cm³/mol. The number of furan rings is 1. The first-order chi connectivity index (χ1) is 27.3. The fraction of sp³-hybridized carbons (Fsp3) is 0. The van der Waals surface area contributed by atoms with Gasteiger partial charge in [-0.15, -0.1) is 0 Å². The Hall–Kier alpha value is -7.43. The highest BCUT2D eigenvalue weighted by atomic mass is 16.4. The number of oxazole rings is 1. The number of nitrogens with zero attached hydrogens (tertiary/aromatic N) is 2.